The van der Waals surface area contributed by atoms with E-state index in [1.807, 2.05) is 0 Å². The summed E-state index contributed by atoms with van der Waals surface area (Å²) in [5, 5.41) is 0. The Morgan fingerprint density at radius 1 is 0.500 bits per heavy atom. The van der Waals surface area contributed by atoms with Crippen LogP contribution in [0.4, 0.5) is 0 Å². The molecule has 0 atom stereocenters. The van der Waals surface area contributed by atoms with E-state index >= 15 is 0 Å². The first-order valence-electron chi connectivity index (χ1n) is 7.92. The molecule has 24 heavy (non-hydrogen) atoms. The molecule has 0 aliphatic carbocycles. The lowest BCUT2D eigenvalue weighted by Gasteiger charge is -2.24. The van der Waals surface area contributed by atoms with Gasteiger partial charge in [-0.25, -0.2) is 0 Å². The van der Waals surface area contributed by atoms with Crippen molar-refractivity contribution in [2.45, 2.75) is 13.1 Å². The fourth-order valence-corrected chi connectivity index (χ4v) is 2.70. The predicted octanol–water partition coefficient (Wildman–Crippen LogP) is -2.23. The van der Waals surface area contributed by atoms with Gasteiger partial charge in [0.05, 0.1) is 42.3 Å². The Hall–Kier alpha value is -1.06. The second-order valence-electron chi connectivity index (χ2n) is 8.29. The quantitative estimate of drug-likeness (QED) is 0.524. The number of rotatable bonds is 5. The summed E-state index contributed by atoms with van der Waals surface area (Å²) in [5.41, 5.74) is 5.36. The molecular formula is C20H30Cl2N2. The number of halogens is 2. The molecule has 0 aliphatic rings. The summed E-state index contributed by atoms with van der Waals surface area (Å²) in [6.45, 7) is 2.12. The van der Waals surface area contributed by atoms with Crippen LogP contribution in [0.5, 0.6) is 0 Å². The van der Waals surface area contributed by atoms with Crippen LogP contribution in [0.3, 0.4) is 0 Å². The van der Waals surface area contributed by atoms with Crippen LogP contribution in [0.2, 0.25) is 0 Å². The first kappa shape index (κ1) is 22.9. The highest BCUT2D eigenvalue weighted by molar-refractivity contribution is 5.63. The van der Waals surface area contributed by atoms with Gasteiger partial charge in [-0.15, -0.1) is 0 Å². The van der Waals surface area contributed by atoms with Crippen molar-refractivity contribution < 1.29 is 33.8 Å². The van der Waals surface area contributed by atoms with E-state index in [0.29, 0.717) is 0 Å². The van der Waals surface area contributed by atoms with Crippen molar-refractivity contribution >= 4 is 0 Å². The lowest BCUT2D eigenvalue weighted by molar-refractivity contribution is -0.884. The topological polar surface area (TPSA) is 0 Å². The van der Waals surface area contributed by atoms with Gasteiger partial charge in [0.1, 0.15) is 13.1 Å². The van der Waals surface area contributed by atoms with Crippen molar-refractivity contribution in [2.75, 3.05) is 42.3 Å². The molecule has 0 spiro atoms. The summed E-state index contributed by atoms with van der Waals surface area (Å²) in [6, 6.07) is 17.9. The highest BCUT2D eigenvalue weighted by atomic mass is 35.5. The number of hydrogen-bond acceptors (Lipinski definition) is 0. The number of nitrogens with zero attached hydrogens (tertiary/aromatic N) is 2. The Morgan fingerprint density at radius 3 is 0.958 bits per heavy atom. The van der Waals surface area contributed by atoms with Gasteiger partial charge in [0.25, 0.3) is 0 Å². The van der Waals surface area contributed by atoms with Crippen molar-refractivity contribution in [3.63, 3.8) is 0 Å². The molecule has 0 amide bonds. The zero-order chi connectivity index (χ0) is 16.4. The van der Waals surface area contributed by atoms with Crippen molar-refractivity contribution in [2.24, 2.45) is 0 Å². The van der Waals surface area contributed by atoms with Gasteiger partial charge >= 0.3 is 0 Å². The Morgan fingerprint density at radius 2 is 0.750 bits per heavy atom. The van der Waals surface area contributed by atoms with Gasteiger partial charge in [0.15, 0.2) is 0 Å². The van der Waals surface area contributed by atoms with Crippen LogP contribution in [-0.4, -0.2) is 51.3 Å². The van der Waals surface area contributed by atoms with E-state index in [4.69, 9.17) is 0 Å². The van der Waals surface area contributed by atoms with Crippen LogP contribution < -0.4 is 24.8 Å². The van der Waals surface area contributed by atoms with Gasteiger partial charge in [0, 0.05) is 11.1 Å². The SMILES string of the molecule is C[N+](C)(C)Cc1ccc(-c2ccc(C[N+](C)(C)C)cc2)cc1.[Cl-].[Cl-]. The zero-order valence-electron chi connectivity index (χ0n) is 15.7. The number of hydrogen-bond donors (Lipinski definition) is 0. The Balaban J connectivity index is 0.00000264. The van der Waals surface area contributed by atoms with E-state index in [1.165, 1.54) is 22.3 Å². The predicted molar refractivity (Wildman–Crippen MR) is 95.4 cm³/mol. The molecule has 0 bridgehead atoms. The molecule has 0 N–H and O–H groups in total. The smallest absolute Gasteiger partial charge is 0.104 e. The molecule has 2 nitrogen and oxygen atoms in total. The summed E-state index contributed by atoms with van der Waals surface area (Å²) in [5.74, 6) is 0. The maximum atomic E-state index is 2.25. The second-order valence-corrected chi connectivity index (χ2v) is 8.29. The highest BCUT2D eigenvalue weighted by Crippen LogP contribution is 2.22. The van der Waals surface area contributed by atoms with Crippen LogP contribution in [0.1, 0.15) is 11.1 Å². The lowest BCUT2D eigenvalue weighted by Crippen LogP contribution is -3.00. The van der Waals surface area contributed by atoms with Gasteiger partial charge in [0.2, 0.25) is 0 Å². The van der Waals surface area contributed by atoms with E-state index in [1.54, 1.807) is 0 Å². The van der Waals surface area contributed by atoms with Crippen molar-refractivity contribution in [3.8, 4) is 11.1 Å². The third-order valence-electron chi connectivity index (χ3n) is 3.56. The minimum Gasteiger partial charge on any atom is -1.00 e. The third kappa shape index (κ3) is 7.67. The average Bonchev–Trinajstić information content (AvgIpc) is 2.37. The number of quaternary nitrogens is 2. The highest BCUT2D eigenvalue weighted by Gasteiger charge is 2.10. The van der Waals surface area contributed by atoms with E-state index in [-0.39, 0.29) is 24.8 Å². The van der Waals surface area contributed by atoms with Gasteiger partial charge in [-0.1, -0.05) is 48.5 Å². The molecule has 2 rings (SSSR count). The fourth-order valence-electron chi connectivity index (χ4n) is 2.70. The van der Waals surface area contributed by atoms with Crippen LogP contribution in [0, 0.1) is 0 Å². The van der Waals surface area contributed by atoms with E-state index in [0.717, 1.165) is 22.1 Å². The summed E-state index contributed by atoms with van der Waals surface area (Å²) in [6.07, 6.45) is 0. The van der Waals surface area contributed by atoms with Crippen LogP contribution in [-0.2, 0) is 13.1 Å². The van der Waals surface area contributed by atoms with Gasteiger partial charge < -0.3 is 33.8 Å². The zero-order valence-corrected chi connectivity index (χ0v) is 17.2. The van der Waals surface area contributed by atoms with E-state index in [2.05, 4.69) is 90.8 Å². The van der Waals surface area contributed by atoms with Gasteiger partial charge in [-0.05, 0) is 11.1 Å². The summed E-state index contributed by atoms with van der Waals surface area (Å²) < 4.78 is 1.91. The Kier molecular flexibility index (Phi) is 8.47. The minimum atomic E-state index is 0. The van der Waals surface area contributed by atoms with Gasteiger partial charge in [-0.3, -0.25) is 0 Å². The largest absolute Gasteiger partial charge is 1.00 e. The molecule has 0 aromatic heterocycles. The molecule has 0 saturated heterocycles. The van der Waals surface area contributed by atoms with Gasteiger partial charge in [-0.2, -0.15) is 0 Å². The first-order chi connectivity index (χ1) is 10.1. The minimum absolute atomic E-state index is 0. The Bertz CT molecular complexity index is 549. The summed E-state index contributed by atoms with van der Waals surface area (Å²) in [4.78, 5) is 0. The van der Waals surface area contributed by atoms with E-state index in [9.17, 15) is 0 Å². The van der Waals surface area contributed by atoms with Crippen molar-refractivity contribution in [1.29, 1.82) is 0 Å². The molecule has 0 aliphatic heterocycles. The van der Waals surface area contributed by atoms with Crippen molar-refractivity contribution in [1.82, 2.24) is 0 Å². The van der Waals surface area contributed by atoms with Crippen LogP contribution in [0.15, 0.2) is 48.5 Å². The fraction of sp³-hybridized carbons (Fsp3) is 0.400. The average molecular weight is 369 g/mol. The lowest BCUT2D eigenvalue weighted by atomic mass is 10.0. The molecule has 0 unspecified atom stereocenters. The standard InChI is InChI=1S/C20H30N2.2ClH/c1-21(2,3)15-17-7-11-19(12-8-17)20-13-9-18(10-14-20)16-22(4,5)6;;/h7-14H,15-16H2,1-6H3;2*1H/q+2;;/p-2. The maximum absolute atomic E-state index is 2.25. The molecule has 0 fully saturated rings. The Labute approximate surface area is 160 Å². The monoisotopic (exact) mass is 368 g/mol. The molecule has 2 aromatic rings. The molecule has 134 valence electrons. The molecule has 2 aromatic carbocycles. The molecule has 0 saturated carbocycles. The molecule has 0 heterocycles. The molecular weight excluding hydrogens is 339 g/mol. The van der Waals surface area contributed by atoms with Crippen molar-refractivity contribution in [3.05, 3.63) is 59.7 Å². The van der Waals surface area contributed by atoms with Crippen LogP contribution in [0.25, 0.3) is 11.1 Å². The molecule has 0 radical (unpaired) electrons. The summed E-state index contributed by atoms with van der Waals surface area (Å²) in [7, 11) is 13.3. The van der Waals surface area contributed by atoms with E-state index < -0.39 is 0 Å². The third-order valence-corrected chi connectivity index (χ3v) is 3.56. The number of benzene rings is 2. The summed E-state index contributed by atoms with van der Waals surface area (Å²) >= 11 is 0. The first-order valence-corrected chi connectivity index (χ1v) is 7.92. The molecule has 4 heteroatoms. The normalized spacial score (nSPS) is 11.4. The second kappa shape index (κ2) is 8.87. The van der Waals surface area contributed by atoms with Crippen LogP contribution >= 0.6 is 0 Å². The maximum Gasteiger partial charge on any atom is 0.104 e.